The maximum Gasteiger partial charge on any atom is -0.00944 e. The molecule has 0 aliphatic heterocycles. The number of hydrogen-bond acceptors (Lipinski definition) is 0. The zero-order valence-corrected chi connectivity index (χ0v) is 10.4. The molecular formula is C17H18. The molecule has 0 fully saturated rings. The Morgan fingerprint density at radius 1 is 1.06 bits per heavy atom. The van der Waals surface area contributed by atoms with Crippen LogP contribution < -0.4 is 0 Å². The highest BCUT2D eigenvalue weighted by molar-refractivity contribution is 5.87. The molecule has 0 heteroatoms. The molecule has 2 aromatic carbocycles. The number of allylic oxidation sites excluding steroid dienone is 2. The smallest absolute Gasteiger partial charge is 0.00944 e. The lowest BCUT2D eigenvalue weighted by molar-refractivity contribution is 1.14. The first-order valence-corrected chi connectivity index (χ1v) is 5.99. The van der Waals surface area contributed by atoms with Gasteiger partial charge in [-0.1, -0.05) is 42.5 Å². The summed E-state index contributed by atoms with van der Waals surface area (Å²) in [4.78, 5) is 0. The van der Waals surface area contributed by atoms with Gasteiger partial charge in [0.1, 0.15) is 0 Å². The van der Waals surface area contributed by atoms with Gasteiger partial charge < -0.3 is 0 Å². The van der Waals surface area contributed by atoms with Crippen LogP contribution in [0.4, 0.5) is 0 Å². The molecule has 0 radical (unpaired) electrons. The van der Waals surface area contributed by atoms with Crippen LogP contribution in [0.25, 0.3) is 10.8 Å². The fourth-order valence-corrected chi connectivity index (χ4v) is 2.41. The third-order valence-electron chi connectivity index (χ3n) is 3.25. The molecule has 0 aliphatic rings. The molecule has 0 aromatic heterocycles. The van der Waals surface area contributed by atoms with E-state index in [9.17, 15) is 0 Å². The summed E-state index contributed by atoms with van der Waals surface area (Å²) < 4.78 is 0. The van der Waals surface area contributed by atoms with Crippen molar-refractivity contribution in [2.75, 3.05) is 0 Å². The predicted octanol–water partition coefficient (Wildman–Crippen LogP) is 4.61. The third-order valence-corrected chi connectivity index (χ3v) is 3.25. The summed E-state index contributed by atoms with van der Waals surface area (Å²) in [6, 6.07) is 10.8. The van der Waals surface area contributed by atoms with Gasteiger partial charge in [-0.15, -0.1) is 13.2 Å². The van der Waals surface area contributed by atoms with Crippen molar-refractivity contribution in [1.29, 1.82) is 0 Å². The fraction of sp³-hybridized carbons (Fsp3) is 0.176. The normalized spacial score (nSPS) is 10.4. The minimum Gasteiger partial charge on any atom is -0.103 e. The first-order valence-electron chi connectivity index (χ1n) is 5.99. The molecule has 2 aromatic rings. The summed E-state index contributed by atoms with van der Waals surface area (Å²) in [6.45, 7) is 9.90. The SMILES string of the molecule is C=CCc1cc2ccccc2c(C)c1CC=C. The second-order valence-electron chi connectivity index (χ2n) is 4.35. The van der Waals surface area contributed by atoms with E-state index in [4.69, 9.17) is 0 Å². The van der Waals surface area contributed by atoms with Crippen LogP contribution in [0.5, 0.6) is 0 Å². The number of benzene rings is 2. The van der Waals surface area contributed by atoms with Crippen LogP contribution in [0.1, 0.15) is 16.7 Å². The van der Waals surface area contributed by atoms with Gasteiger partial charge in [-0.2, -0.15) is 0 Å². The molecule has 0 heterocycles. The predicted molar refractivity (Wildman–Crippen MR) is 76.5 cm³/mol. The van der Waals surface area contributed by atoms with Crippen LogP contribution in [0.2, 0.25) is 0 Å². The van der Waals surface area contributed by atoms with E-state index in [1.165, 1.54) is 27.5 Å². The van der Waals surface area contributed by atoms with Crippen LogP contribution in [0, 0.1) is 6.92 Å². The Balaban J connectivity index is 2.73. The maximum absolute atomic E-state index is 3.85. The second-order valence-corrected chi connectivity index (χ2v) is 4.35. The zero-order valence-electron chi connectivity index (χ0n) is 10.4. The van der Waals surface area contributed by atoms with Crippen molar-refractivity contribution < 1.29 is 0 Å². The van der Waals surface area contributed by atoms with E-state index >= 15 is 0 Å². The van der Waals surface area contributed by atoms with Crippen LogP contribution in [-0.4, -0.2) is 0 Å². The lowest BCUT2D eigenvalue weighted by Crippen LogP contribution is -1.97. The standard InChI is InChI=1S/C17H18/c1-4-8-14-12-15-10-6-7-11-17(15)13(3)16(14)9-5-2/h4-7,10-12H,1-2,8-9H2,3H3. The lowest BCUT2D eigenvalue weighted by Gasteiger charge is -2.13. The Labute approximate surface area is 103 Å². The Hall–Kier alpha value is -1.82. The molecule has 0 saturated heterocycles. The van der Waals surface area contributed by atoms with Crippen molar-refractivity contribution in [2.45, 2.75) is 19.8 Å². The summed E-state index contributed by atoms with van der Waals surface area (Å²) in [6.07, 6.45) is 5.80. The molecule has 0 amide bonds. The number of fused-ring (bicyclic) bond motifs is 1. The number of rotatable bonds is 4. The highest BCUT2D eigenvalue weighted by atomic mass is 14.1. The fourth-order valence-electron chi connectivity index (χ4n) is 2.41. The summed E-state index contributed by atoms with van der Waals surface area (Å²) in [5.74, 6) is 0. The molecule has 0 saturated carbocycles. The van der Waals surface area contributed by atoms with Gasteiger partial charge in [0.2, 0.25) is 0 Å². The molecule has 0 bridgehead atoms. The molecule has 0 atom stereocenters. The highest BCUT2D eigenvalue weighted by Gasteiger charge is 2.07. The summed E-state index contributed by atoms with van der Waals surface area (Å²) in [7, 11) is 0. The zero-order chi connectivity index (χ0) is 12.3. The highest BCUT2D eigenvalue weighted by Crippen LogP contribution is 2.26. The van der Waals surface area contributed by atoms with Gasteiger partial charge in [0.05, 0.1) is 0 Å². The molecule has 2 rings (SSSR count). The van der Waals surface area contributed by atoms with Gasteiger partial charge >= 0.3 is 0 Å². The molecular weight excluding hydrogens is 204 g/mol. The molecule has 17 heavy (non-hydrogen) atoms. The van der Waals surface area contributed by atoms with E-state index < -0.39 is 0 Å². The minimum absolute atomic E-state index is 0.925. The first kappa shape index (κ1) is 11.7. The average molecular weight is 222 g/mol. The lowest BCUT2D eigenvalue weighted by atomic mass is 9.91. The van der Waals surface area contributed by atoms with E-state index in [1.54, 1.807) is 0 Å². The van der Waals surface area contributed by atoms with Crippen molar-refractivity contribution in [3.8, 4) is 0 Å². The van der Waals surface area contributed by atoms with Crippen LogP contribution in [-0.2, 0) is 12.8 Å². The van der Waals surface area contributed by atoms with Crippen molar-refractivity contribution in [2.24, 2.45) is 0 Å². The van der Waals surface area contributed by atoms with Gasteiger partial charge in [-0.25, -0.2) is 0 Å². The van der Waals surface area contributed by atoms with E-state index in [0.29, 0.717) is 0 Å². The summed E-state index contributed by atoms with van der Waals surface area (Å²) in [5.41, 5.74) is 4.15. The number of aryl methyl sites for hydroxylation is 1. The number of hydrogen-bond donors (Lipinski definition) is 0. The largest absolute Gasteiger partial charge is 0.103 e. The van der Waals surface area contributed by atoms with Gasteiger partial charge in [0, 0.05) is 0 Å². The molecule has 0 spiro atoms. The van der Waals surface area contributed by atoms with Crippen LogP contribution in [0.3, 0.4) is 0 Å². The Kier molecular flexibility index (Phi) is 3.43. The van der Waals surface area contributed by atoms with E-state index in [2.05, 4.69) is 50.4 Å². The molecule has 0 unspecified atom stereocenters. The average Bonchev–Trinajstić information content (AvgIpc) is 2.34. The van der Waals surface area contributed by atoms with Crippen molar-refractivity contribution in [3.63, 3.8) is 0 Å². The van der Waals surface area contributed by atoms with E-state index in [0.717, 1.165) is 12.8 Å². The van der Waals surface area contributed by atoms with Gasteiger partial charge in [-0.3, -0.25) is 0 Å². The summed E-state index contributed by atoms with van der Waals surface area (Å²) >= 11 is 0. The van der Waals surface area contributed by atoms with Crippen LogP contribution in [0.15, 0.2) is 55.6 Å². The summed E-state index contributed by atoms with van der Waals surface area (Å²) in [5, 5.41) is 2.66. The van der Waals surface area contributed by atoms with E-state index in [1.807, 2.05) is 12.2 Å². The van der Waals surface area contributed by atoms with Crippen molar-refractivity contribution in [1.82, 2.24) is 0 Å². The second kappa shape index (κ2) is 5.01. The molecule has 0 nitrogen and oxygen atoms in total. The van der Waals surface area contributed by atoms with Gasteiger partial charge in [-0.05, 0) is 47.2 Å². The third kappa shape index (κ3) is 2.16. The van der Waals surface area contributed by atoms with Crippen LogP contribution >= 0.6 is 0 Å². The van der Waals surface area contributed by atoms with Gasteiger partial charge in [0.15, 0.2) is 0 Å². The maximum atomic E-state index is 3.85. The quantitative estimate of drug-likeness (QED) is 0.663. The van der Waals surface area contributed by atoms with Gasteiger partial charge in [0.25, 0.3) is 0 Å². The Bertz CT molecular complexity index is 562. The monoisotopic (exact) mass is 222 g/mol. The van der Waals surface area contributed by atoms with Crippen molar-refractivity contribution >= 4 is 10.8 Å². The van der Waals surface area contributed by atoms with E-state index in [-0.39, 0.29) is 0 Å². The Morgan fingerprint density at radius 2 is 1.76 bits per heavy atom. The molecule has 0 N–H and O–H groups in total. The minimum atomic E-state index is 0.925. The molecule has 0 aliphatic carbocycles. The Morgan fingerprint density at radius 3 is 2.47 bits per heavy atom. The van der Waals surface area contributed by atoms with Crippen molar-refractivity contribution in [3.05, 3.63) is 72.3 Å². The topological polar surface area (TPSA) is 0 Å². The first-order chi connectivity index (χ1) is 8.27. The molecule has 86 valence electrons.